The van der Waals surface area contributed by atoms with E-state index in [1.807, 2.05) is 78.9 Å². The van der Waals surface area contributed by atoms with Gasteiger partial charge in [0.15, 0.2) is 5.11 Å². The van der Waals surface area contributed by atoms with Crippen LogP contribution in [0, 0.1) is 0 Å². The molecule has 154 valence electrons. The van der Waals surface area contributed by atoms with Gasteiger partial charge in [0.2, 0.25) is 0 Å². The van der Waals surface area contributed by atoms with E-state index in [2.05, 4.69) is 47.1 Å². The molecule has 3 heterocycles. The van der Waals surface area contributed by atoms with E-state index in [9.17, 15) is 0 Å². The highest BCUT2D eigenvalue weighted by molar-refractivity contribution is 9.10. The van der Waals surface area contributed by atoms with E-state index in [0.717, 1.165) is 37.4 Å². The largest absolute Gasteiger partial charge is 0.459 e. The summed E-state index contributed by atoms with van der Waals surface area (Å²) < 4.78 is 8.42. The quantitative estimate of drug-likeness (QED) is 0.274. The third-order valence-corrected chi connectivity index (χ3v) is 6.62. The van der Waals surface area contributed by atoms with Crippen molar-refractivity contribution < 1.29 is 4.42 Å². The normalized spacial score (nSPS) is 18.3. The molecule has 0 radical (unpaired) electrons. The monoisotopic (exact) mass is 553 g/mol. The Labute approximate surface area is 202 Å². The van der Waals surface area contributed by atoms with Gasteiger partial charge in [0.25, 0.3) is 0 Å². The van der Waals surface area contributed by atoms with Crippen LogP contribution in [-0.4, -0.2) is 10.1 Å². The van der Waals surface area contributed by atoms with Gasteiger partial charge in [0, 0.05) is 26.4 Å². The van der Waals surface area contributed by atoms with Gasteiger partial charge in [0.05, 0.1) is 11.7 Å². The lowest BCUT2D eigenvalue weighted by atomic mass is 10.0. The van der Waals surface area contributed by atoms with Crippen molar-refractivity contribution in [1.29, 1.82) is 0 Å². The third kappa shape index (κ3) is 4.05. The first-order valence-corrected chi connectivity index (χ1v) is 11.7. The van der Waals surface area contributed by atoms with E-state index in [-0.39, 0.29) is 12.1 Å². The molecule has 5 rings (SSSR count). The molecule has 1 N–H and O–H groups in total. The average molecular weight is 555 g/mol. The number of benzene rings is 2. The molecule has 2 aromatic heterocycles. The Morgan fingerprint density at radius 3 is 2.26 bits per heavy atom. The highest BCUT2D eigenvalue weighted by Gasteiger charge is 2.42. The third-order valence-electron chi connectivity index (χ3n) is 5.25. The molecule has 4 aromatic rings. The van der Waals surface area contributed by atoms with Gasteiger partial charge in [-0.3, -0.25) is 4.98 Å². The first-order chi connectivity index (χ1) is 15.1. The lowest BCUT2D eigenvalue weighted by Gasteiger charge is -2.26. The molecule has 1 aliphatic rings. The standard InChI is InChI=1S/C24H17Br2N3OS/c25-16-6-4-15(5-7-16)20-12-13-21(30-20)23-22(19-3-1-2-14-27-19)28-24(31)29(23)18-10-8-17(26)9-11-18/h1-14,22-23H,(H,28,31)/t22-,23+/m0/s1. The Balaban J connectivity index is 1.59. The van der Waals surface area contributed by atoms with Crippen molar-refractivity contribution >= 4 is 54.9 Å². The zero-order chi connectivity index (χ0) is 21.4. The molecule has 0 aliphatic carbocycles. The van der Waals surface area contributed by atoms with Crippen LogP contribution in [0.5, 0.6) is 0 Å². The van der Waals surface area contributed by atoms with E-state index in [1.165, 1.54) is 0 Å². The van der Waals surface area contributed by atoms with Crippen LogP contribution in [-0.2, 0) is 0 Å². The molecular weight excluding hydrogens is 538 g/mol. The first kappa shape index (κ1) is 20.4. The van der Waals surface area contributed by atoms with Crippen LogP contribution < -0.4 is 10.2 Å². The number of pyridine rings is 1. The van der Waals surface area contributed by atoms with Crippen LogP contribution in [0.4, 0.5) is 5.69 Å². The molecule has 7 heteroatoms. The molecule has 0 saturated carbocycles. The number of aromatic nitrogens is 1. The molecule has 2 atom stereocenters. The highest BCUT2D eigenvalue weighted by atomic mass is 79.9. The number of rotatable bonds is 4. The fourth-order valence-electron chi connectivity index (χ4n) is 3.80. The van der Waals surface area contributed by atoms with Crippen molar-refractivity contribution in [1.82, 2.24) is 10.3 Å². The Kier molecular flexibility index (Phi) is 5.65. The van der Waals surface area contributed by atoms with E-state index in [1.54, 1.807) is 6.20 Å². The number of anilines is 1. The number of thiocarbonyl (C=S) groups is 1. The second-order valence-electron chi connectivity index (χ2n) is 7.18. The maximum Gasteiger partial charge on any atom is 0.174 e. The van der Waals surface area contributed by atoms with E-state index in [0.29, 0.717) is 5.11 Å². The number of nitrogens with zero attached hydrogens (tertiary/aromatic N) is 2. The predicted molar refractivity (Wildman–Crippen MR) is 134 cm³/mol. The average Bonchev–Trinajstić information content (AvgIpc) is 3.40. The Hall–Kier alpha value is -2.48. The second-order valence-corrected chi connectivity index (χ2v) is 9.40. The molecule has 2 aromatic carbocycles. The minimum Gasteiger partial charge on any atom is -0.459 e. The summed E-state index contributed by atoms with van der Waals surface area (Å²) in [6.07, 6.45) is 1.80. The van der Waals surface area contributed by atoms with Crippen LogP contribution in [0.1, 0.15) is 23.5 Å². The van der Waals surface area contributed by atoms with Gasteiger partial charge in [-0.15, -0.1) is 0 Å². The van der Waals surface area contributed by atoms with Crippen LogP contribution in [0.15, 0.2) is 98.4 Å². The number of furan rings is 1. The van der Waals surface area contributed by atoms with Gasteiger partial charge in [-0.1, -0.05) is 50.1 Å². The molecule has 0 unspecified atom stereocenters. The summed E-state index contributed by atoms with van der Waals surface area (Å²) in [6, 6.07) is 25.8. The molecule has 31 heavy (non-hydrogen) atoms. The van der Waals surface area contributed by atoms with Crippen molar-refractivity contribution in [3.8, 4) is 11.3 Å². The van der Waals surface area contributed by atoms with E-state index >= 15 is 0 Å². The van der Waals surface area contributed by atoms with E-state index < -0.39 is 0 Å². The first-order valence-electron chi connectivity index (χ1n) is 9.72. The molecule has 0 spiro atoms. The molecule has 1 saturated heterocycles. The fraction of sp³-hybridized carbons (Fsp3) is 0.0833. The van der Waals surface area contributed by atoms with Crippen molar-refractivity contribution in [2.24, 2.45) is 0 Å². The van der Waals surface area contributed by atoms with Crippen LogP contribution in [0.2, 0.25) is 0 Å². The Bertz CT molecular complexity index is 1210. The van der Waals surface area contributed by atoms with Crippen LogP contribution >= 0.6 is 44.1 Å². The topological polar surface area (TPSA) is 41.3 Å². The van der Waals surface area contributed by atoms with Gasteiger partial charge in [-0.05, 0) is 72.9 Å². The van der Waals surface area contributed by atoms with Gasteiger partial charge in [0.1, 0.15) is 17.6 Å². The molecule has 0 amide bonds. The molecule has 1 aliphatic heterocycles. The summed E-state index contributed by atoms with van der Waals surface area (Å²) >= 11 is 12.8. The summed E-state index contributed by atoms with van der Waals surface area (Å²) in [7, 11) is 0. The van der Waals surface area contributed by atoms with Gasteiger partial charge >= 0.3 is 0 Å². The smallest absolute Gasteiger partial charge is 0.174 e. The van der Waals surface area contributed by atoms with Gasteiger partial charge in [-0.25, -0.2) is 0 Å². The number of hydrogen-bond donors (Lipinski definition) is 1. The maximum atomic E-state index is 6.38. The number of nitrogens with one attached hydrogen (secondary N) is 1. The lowest BCUT2D eigenvalue weighted by Crippen LogP contribution is -2.29. The highest BCUT2D eigenvalue weighted by Crippen LogP contribution is 2.43. The zero-order valence-electron chi connectivity index (χ0n) is 16.2. The summed E-state index contributed by atoms with van der Waals surface area (Å²) in [5, 5.41) is 4.10. The Morgan fingerprint density at radius 2 is 1.58 bits per heavy atom. The summed E-state index contributed by atoms with van der Waals surface area (Å²) in [4.78, 5) is 6.69. The second kappa shape index (κ2) is 8.57. The van der Waals surface area contributed by atoms with Crippen molar-refractivity contribution in [3.63, 3.8) is 0 Å². The van der Waals surface area contributed by atoms with E-state index in [4.69, 9.17) is 16.6 Å². The minimum absolute atomic E-state index is 0.138. The number of hydrogen-bond acceptors (Lipinski definition) is 3. The molecular formula is C24H17Br2N3OS. The molecule has 0 bridgehead atoms. The zero-order valence-corrected chi connectivity index (χ0v) is 20.2. The molecule has 4 nitrogen and oxygen atoms in total. The summed E-state index contributed by atoms with van der Waals surface area (Å²) in [6.45, 7) is 0. The van der Waals surface area contributed by atoms with Crippen molar-refractivity contribution in [2.45, 2.75) is 12.1 Å². The van der Waals surface area contributed by atoms with Crippen LogP contribution in [0.3, 0.4) is 0 Å². The maximum absolute atomic E-state index is 6.38. The predicted octanol–water partition coefficient (Wildman–Crippen LogP) is 7.04. The minimum atomic E-state index is -0.173. The van der Waals surface area contributed by atoms with Crippen molar-refractivity contribution in [3.05, 3.63) is 105 Å². The number of halogens is 2. The summed E-state index contributed by atoms with van der Waals surface area (Å²) in [5.74, 6) is 1.64. The Morgan fingerprint density at radius 1 is 0.871 bits per heavy atom. The van der Waals surface area contributed by atoms with Gasteiger partial charge in [-0.2, -0.15) is 0 Å². The van der Waals surface area contributed by atoms with Crippen molar-refractivity contribution in [2.75, 3.05) is 4.90 Å². The fourth-order valence-corrected chi connectivity index (χ4v) is 4.68. The lowest BCUT2D eigenvalue weighted by molar-refractivity contribution is 0.439. The SMILES string of the molecule is S=C1N[C@@H](c2ccccn2)[C@@H](c2ccc(-c3ccc(Br)cc3)o2)N1c1ccc(Br)cc1. The summed E-state index contributed by atoms with van der Waals surface area (Å²) in [5.41, 5.74) is 2.93. The van der Waals surface area contributed by atoms with Gasteiger partial charge < -0.3 is 14.6 Å². The van der Waals surface area contributed by atoms with Crippen LogP contribution in [0.25, 0.3) is 11.3 Å². The molecule has 1 fully saturated rings.